The van der Waals surface area contributed by atoms with Crippen molar-refractivity contribution in [3.05, 3.63) is 125 Å². The molecule has 0 saturated carbocycles. The molecule has 2 aliphatic heterocycles. The molecule has 250 valence electrons. The van der Waals surface area contributed by atoms with Gasteiger partial charge in [0.25, 0.3) is 6.71 Å². The molecule has 9 rings (SSSR count). The number of hydrogen-bond acceptors (Lipinski definition) is 3. The zero-order valence-electron chi connectivity index (χ0n) is 31.0. The third-order valence-corrected chi connectivity index (χ3v) is 12.0. The number of benzene rings is 5. The van der Waals surface area contributed by atoms with E-state index in [2.05, 4.69) is 169 Å². The van der Waals surface area contributed by atoms with Crippen molar-refractivity contribution in [1.29, 1.82) is 0 Å². The van der Waals surface area contributed by atoms with Gasteiger partial charge in [-0.25, -0.2) is 0 Å². The second-order valence-corrected chi connectivity index (χ2v) is 17.4. The molecule has 1 aromatic heterocycles. The van der Waals surface area contributed by atoms with Crippen LogP contribution in [-0.2, 0) is 16.2 Å². The molecule has 0 radical (unpaired) electrons. The van der Waals surface area contributed by atoms with Crippen molar-refractivity contribution in [2.24, 2.45) is 0 Å². The highest BCUT2D eigenvalue weighted by Crippen LogP contribution is 2.51. The number of furan rings is 1. The molecule has 4 heteroatoms. The fourth-order valence-electron chi connectivity index (χ4n) is 9.07. The average Bonchev–Trinajstić information content (AvgIpc) is 3.44. The number of hydrogen-bond donors (Lipinski definition) is 0. The van der Waals surface area contributed by atoms with Gasteiger partial charge in [-0.2, -0.15) is 0 Å². The van der Waals surface area contributed by atoms with Crippen LogP contribution in [0.4, 0.5) is 34.1 Å². The van der Waals surface area contributed by atoms with E-state index in [1.165, 1.54) is 85.4 Å². The van der Waals surface area contributed by atoms with E-state index < -0.39 is 0 Å². The molecule has 0 amide bonds. The summed E-state index contributed by atoms with van der Waals surface area (Å²) in [6.45, 7) is 21.0. The Labute approximate surface area is 298 Å². The summed E-state index contributed by atoms with van der Waals surface area (Å²) in [7, 11) is 0. The topological polar surface area (TPSA) is 19.6 Å². The number of aryl methyl sites for hydroxylation is 2. The predicted molar refractivity (Wildman–Crippen MR) is 214 cm³/mol. The second-order valence-electron chi connectivity index (χ2n) is 17.4. The highest BCUT2D eigenvalue weighted by Gasteiger charge is 2.48. The number of fused-ring (bicyclic) bond motifs is 7. The first-order valence-electron chi connectivity index (χ1n) is 18.4. The first-order chi connectivity index (χ1) is 23.7. The van der Waals surface area contributed by atoms with Gasteiger partial charge in [-0.1, -0.05) is 97.0 Å². The average molecular weight is 655 g/mol. The highest BCUT2D eigenvalue weighted by molar-refractivity contribution is 7.00. The number of anilines is 6. The maximum atomic E-state index is 7.34. The van der Waals surface area contributed by atoms with Crippen molar-refractivity contribution in [3.8, 4) is 0 Å². The summed E-state index contributed by atoms with van der Waals surface area (Å²) in [4.78, 5) is 5.02. The van der Waals surface area contributed by atoms with Gasteiger partial charge in [-0.15, -0.1) is 0 Å². The molecular formula is C46H47BN2O. The second kappa shape index (κ2) is 10.4. The quantitative estimate of drug-likeness (QED) is 0.173. The molecule has 6 aromatic rings. The molecule has 50 heavy (non-hydrogen) atoms. The molecule has 0 saturated heterocycles. The van der Waals surface area contributed by atoms with Crippen molar-refractivity contribution in [2.75, 3.05) is 9.80 Å². The van der Waals surface area contributed by atoms with Gasteiger partial charge in [0.15, 0.2) is 0 Å². The zero-order chi connectivity index (χ0) is 34.9. The van der Waals surface area contributed by atoms with Crippen LogP contribution in [0.1, 0.15) is 89.1 Å². The van der Waals surface area contributed by atoms with Crippen molar-refractivity contribution in [3.63, 3.8) is 0 Å². The van der Waals surface area contributed by atoms with Gasteiger partial charge in [0.1, 0.15) is 5.58 Å². The Balaban J connectivity index is 1.43. The third-order valence-electron chi connectivity index (χ3n) is 12.0. The lowest BCUT2D eigenvalue weighted by atomic mass is 9.35. The van der Waals surface area contributed by atoms with Crippen LogP contribution in [0.3, 0.4) is 0 Å². The van der Waals surface area contributed by atoms with E-state index in [-0.39, 0.29) is 23.0 Å². The van der Waals surface area contributed by atoms with E-state index in [0.717, 1.165) is 16.9 Å². The van der Waals surface area contributed by atoms with Gasteiger partial charge in [-0.3, -0.25) is 0 Å². The minimum Gasteiger partial charge on any atom is -0.468 e. The molecule has 0 bridgehead atoms. The molecule has 5 aromatic carbocycles. The van der Waals surface area contributed by atoms with Gasteiger partial charge >= 0.3 is 0 Å². The van der Waals surface area contributed by atoms with E-state index >= 15 is 0 Å². The van der Waals surface area contributed by atoms with Crippen LogP contribution >= 0.6 is 0 Å². The molecule has 1 aliphatic carbocycles. The maximum absolute atomic E-state index is 7.34. The molecular weight excluding hydrogens is 607 g/mol. The predicted octanol–water partition coefficient (Wildman–Crippen LogP) is 10.8. The lowest BCUT2D eigenvalue weighted by Crippen LogP contribution is -2.61. The number of para-hydroxylation sites is 2. The first-order valence-corrected chi connectivity index (χ1v) is 18.4. The van der Waals surface area contributed by atoms with Gasteiger partial charge in [-0.05, 0) is 130 Å². The van der Waals surface area contributed by atoms with Crippen LogP contribution in [0.15, 0.2) is 101 Å². The van der Waals surface area contributed by atoms with E-state index in [4.69, 9.17) is 4.42 Å². The van der Waals surface area contributed by atoms with Crippen LogP contribution in [0.2, 0.25) is 0 Å². The lowest BCUT2D eigenvalue weighted by molar-refractivity contribution is 0.332. The third kappa shape index (κ3) is 4.43. The van der Waals surface area contributed by atoms with Crippen LogP contribution in [0, 0.1) is 13.8 Å². The normalized spacial score (nSPS) is 16.9. The van der Waals surface area contributed by atoms with E-state index in [1.54, 1.807) is 0 Å². The Morgan fingerprint density at radius 1 is 0.660 bits per heavy atom. The monoisotopic (exact) mass is 654 g/mol. The highest BCUT2D eigenvalue weighted by atomic mass is 16.3. The minimum atomic E-state index is -0.0569. The smallest absolute Gasteiger partial charge is 0.297 e. The summed E-state index contributed by atoms with van der Waals surface area (Å²) in [6.07, 6.45) is 2.34. The van der Waals surface area contributed by atoms with Crippen molar-refractivity contribution in [1.82, 2.24) is 0 Å². The van der Waals surface area contributed by atoms with E-state index in [1.807, 2.05) is 0 Å². The molecule has 3 aliphatic rings. The number of rotatable bonds is 2. The van der Waals surface area contributed by atoms with Crippen molar-refractivity contribution < 1.29 is 4.42 Å². The molecule has 0 N–H and O–H groups in total. The van der Waals surface area contributed by atoms with Gasteiger partial charge in [0.2, 0.25) is 0 Å². The van der Waals surface area contributed by atoms with Gasteiger partial charge in [0, 0.05) is 33.8 Å². The fraction of sp³-hybridized carbons (Fsp3) is 0.304. The first kappa shape index (κ1) is 31.3. The SMILES string of the molecule is Cc1cc2c3c(c1)N(c1ccccc1)c1c(oc4cc5c(cc14)C(C)(C)CCC5(C)C)B3c1cc(C(C)(C)C)ccc1N2c1ccccc1C. The summed E-state index contributed by atoms with van der Waals surface area (Å²) in [5.74, 6) is 0. The molecule has 3 nitrogen and oxygen atoms in total. The standard InChI is InChI=1S/C46H47BN2O/c1-28-23-38-41-39(24-28)49(36-18-14-13-15-29(36)2)37-20-19-30(44(3,4)5)25-35(37)47(41)43-42(48(38)31-16-11-10-12-17-31)32-26-33-34(27-40(32)50-43)46(8,9)22-21-45(33,6)7/h10-20,23-27H,21-22H2,1-9H3. The Morgan fingerprint density at radius 2 is 1.30 bits per heavy atom. The summed E-state index contributed by atoms with van der Waals surface area (Å²) >= 11 is 0. The lowest BCUT2D eigenvalue weighted by Gasteiger charge is -2.43. The van der Waals surface area contributed by atoms with Crippen LogP contribution < -0.4 is 26.4 Å². The largest absolute Gasteiger partial charge is 0.468 e. The zero-order valence-corrected chi connectivity index (χ0v) is 31.0. The van der Waals surface area contributed by atoms with Crippen molar-refractivity contribution in [2.45, 2.75) is 91.4 Å². The summed E-state index contributed by atoms with van der Waals surface area (Å²) in [5.41, 5.74) is 18.7. The fourth-order valence-corrected chi connectivity index (χ4v) is 9.07. The van der Waals surface area contributed by atoms with Gasteiger partial charge < -0.3 is 14.2 Å². The van der Waals surface area contributed by atoms with Crippen LogP contribution in [0.5, 0.6) is 0 Å². The minimum absolute atomic E-state index is 0.00340. The van der Waals surface area contributed by atoms with E-state index in [0.29, 0.717) is 0 Å². The molecule has 0 unspecified atom stereocenters. The van der Waals surface area contributed by atoms with Crippen molar-refractivity contribution >= 4 is 68.4 Å². The molecule has 0 spiro atoms. The van der Waals surface area contributed by atoms with Crippen LogP contribution in [-0.4, -0.2) is 6.71 Å². The Morgan fingerprint density at radius 3 is 1.98 bits per heavy atom. The number of nitrogens with zero attached hydrogens (tertiary/aromatic N) is 2. The Hall–Kier alpha value is -4.70. The Kier molecular flexibility index (Phi) is 6.52. The summed E-state index contributed by atoms with van der Waals surface area (Å²) in [6, 6.07) is 36.6. The van der Waals surface area contributed by atoms with Crippen LogP contribution in [0.25, 0.3) is 11.0 Å². The van der Waals surface area contributed by atoms with Gasteiger partial charge in [0.05, 0.1) is 11.3 Å². The molecule has 0 atom stereocenters. The molecule has 3 heterocycles. The Bertz CT molecular complexity index is 2360. The maximum Gasteiger partial charge on any atom is 0.297 e. The summed E-state index contributed by atoms with van der Waals surface area (Å²) in [5, 5.41) is 1.21. The molecule has 0 fully saturated rings. The summed E-state index contributed by atoms with van der Waals surface area (Å²) < 4.78 is 7.34. The van der Waals surface area contributed by atoms with E-state index in [9.17, 15) is 0 Å².